The van der Waals surface area contributed by atoms with Crippen molar-refractivity contribution in [3.63, 3.8) is 0 Å². The molecule has 1 aromatic rings. The number of aryl methyl sites for hydroxylation is 1. The Morgan fingerprint density at radius 1 is 1.32 bits per heavy atom. The fourth-order valence-electron chi connectivity index (χ4n) is 4.08. The molecule has 0 aliphatic carbocycles. The minimum Gasteiger partial charge on any atom is -0.298 e. The third-order valence-electron chi connectivity index (χ3n) is 5.33. The predicted molar refractivity (Wildman–Crippen MR) is 105 cm³/mol. The van der Waals surface area contributed by atoms with Crippen molar-refractivity contribution in [3.8, 4) is 0 Å². The Hall–Kier alpha value is -3.03. The summed E-state index contributed by atoms with van der Waals surface area (Å²) in [5, 5.41) is 0. The monoisotopic (exact) mass is 382 g/mol. The number of aliphatic imine (C=N–C) groups is 1. The molecular formula is C20H24N5O3+. The number of amides is 3. The molecule has 2 unspecified atom stereocenters. The molecule has 1 fully saturated rings. The molecule has 0 N–H and O–H groups in total. The Morgan fingerprint density at radius 2 is 2.07 bits per heavy atom. The number of rotatable bonds is 3. The lowest BCUT2D eigenvalue weighted by atomic mass is 10.1. The van der Waals surface area contributed by atoms with Crippen LogP contribution in [-0.4, -0.2) is 76.6 Å². The number of guanidine groups is 1. The molecule has 3 heterocycles. The highest BCUT2D eigenvalue weighted by atomic mass is 16.2. The van der Waals surface area contributed by atoms with E-state index in [1.54, 1.807) is 7.05 Å². The molecule has 8 heteroatoms. The zero-order valence-electron chi connectivity index (χ0n) is 16.5. The first-order valence-electron chi connectivity index (χ1n) is 9.43. The van der Waals surface area contributed by atoms with E-state index < -0.39 is 12.1 Å². The number of ketones is 1. The number of Topliss-reactive ketones (excluding diaryl/α,β-unsaturated/α-hetero) is 1. The molecule has 0 saturated carbocycles. The number of urea groups is 1. The number of likely N-dealkylation sites (N-methyl/N-ethyl adjacent to an activating group) is 1. The minimum absolute atomic E-state index is 0.216. The highest BCUT2D eigenvalue weighted by Gasteiger charge is 2.55. The number of anilines is 1. The van der Waals surface area contributed by atoms with Gasteiger partial charge in [0.2, 0.25) is 11.9 Å². The largest absolute Gasteiger partial charge is 0.397 e. The third kappa shape index (κ3) is 2.80. The lowest BCUT2D eigenvalue weighted by Gasteiger charge is -2.35. The molecule has 0 bridgehead atoms. The van der Waals surface area contributed by atoms with Crippen LogP contribution in [0.5, 0.6) is 0 Å². The van der Waals surface area contributed by atoms with Crippen molar-refractivity contribution in [2.75, 3.05) is 31.6 Å². The van der Waals surface area contributed by atoms with Crippen molar-refractivity contribution < 1.29 is 19.0 Å². The van der Waals surface area contributed by atoms with Gasteiger partial charge in [-0.25, -0.2) is 14.3 Å². The van der Waals surface area contributed by atoms with Crippen LogP contribution in [0.15, 0.2) is 29.3 Å². The number of fused-ring (bicyclic) bond motifs is 2. The van der Waals surface area contributed by atoms with Crippen LogP contribution in [0.25, 0.3) is 0 Å². The third-order valence-corrected chi connectivity index (χ3v) is 5.33. The second kappa shape index (κ2) is 6.54. The maximum absolute atomic E-state index is 13.1. The molecule has 1 aromatic carbocycles. The van der Waals surface area contributed by atoms with Crippen LogP contribution in [0.2, 0.25) is 0 Å². The number of carbonyl (C=O) groups excluding carboxylic acids is 3. The van der Waals surface area contributed by atoms with Crippen molar-refractivity contribution in [2.45, 2.75) is 26.8 Å². The van der Waals surface area contributed by atoms with Gasteiger partial charge >= 0.3 is 12.0 Å². The molecule has 0 radical (unpaired) electrons. The highest BCUT2D eigenvalue weighted by Crippen LogP contribution is 2.28. The smallest absolute Gasteiger partial charge is 0.298 e. The van der Waals surface area contributed by atoms with Gasteiger partial charge in [-0.05, 0) is 31.5 Å². The topological polar surface area (TPSA) is 76.3 Å². The second-order valence-corrected chi connectivity index (χ2v) is 7.85. The number of hydrogen-bond acceptors (Lipinski definition) is 5. The van der Waals surface area contributed by atoms with Gasteiger partial charge in [0.25, 0.3) is 5.91 Å². The Balaban J connectivity index is 1.79. The molecule has 28 heavy (non-hydrogen) atoms. The van der Waals surface area contributed by atoms with Gasteiger partial charge in [-0.3, -0.25) is 19.4 Å². The number of nitrogens with zero attached hydrogens (tertiary/aromatic N) is 5. The molecule has 3 aliphatic rings. The lowest BCUT2D eigenvalue weighted by Crippen LogP contribution is -2.64. The molecule has 1 saturated heterocycles. The SMILES string of the molecule is CC(=O)CN1C(=O)C2C(=NC3=[N+]2CC(C)CN3c2cccc(C)c2)N(C)C1=O. The Morgan fingerprint density at radius 3 is 2.75 bits per heavy atom. The molecule has 0 spiro atoms. The zero-order chi connectivity index (χ0) is 20.2. The van der Waals surface area contributed by atoms with E-state index in [0.29, 0.717) is 24.3 Å². The average Bonchev–Trinajstić information content (AvgIpc) is 3.02. The summed E-state index contributed by atoms with van der Waals surface area (Å²) in [4.78, 5) is 46.6. The first kappa shape index (κ1) is 18.3. The maximum atomic E-state index is 13.1. The first-order valence-corrected chi connectivity index (χ1v) is 9.43. The van der Waals surface area contributed by atoms with E-state index in [9.17, 15) is 14.4 Å². The van der Waals surface area contributed by atoms with Gasteiger partial charge in [0, 0.05) is 13.0 Å². The first-order chi connectivity index (χ1) is 13.3. The fraction of sp³-hybridized carbons (Fsp3) is 0.450. The number of hydrogen-bond donors (Lipinski definition) is 0. The van der Waals surface area contributed by atoms with Crippen LogP contribution in [-0.2, 0) is 9.59 Å². The summed E-state index contributed by atoms with van der Waals surface area (Å²) >= 11 is 0. The van der Waals surface area contributed by atoms with Crippen molar-refractivity contribution in [1.29, 1.82) is 0 Å². The van der Waals surface area contributed by atoms with Gasteiger partial charge in [0.15, 0.2) is 0 Å². The van der Waals surface area contributed by atoms with E-state index in [0.717, 1.165) is 22.7 Å². The number of imide groups is 1. The van der Waals surface area contributed by atoms with Gasteiger partial charge in [0.05, 0.1) is 19.6 Å². The number of amidine groups is 1. The van der Waals surface area contributed by atoms with Crippen molar-refractivity contribution in [3.05, 3.63) is 29.8 Å². The Kier molecular flexibility index (Phi) is 4.28. The predicted octanol–water partition coefficient (Wildman–Crippen LogP) is 1.08. The lowest BCUT2D eigenvalue weighted by molar-refractivity contribution is -0.545. The molecule has 146 valence electrons. The van der Waals surface area contributed by atoms with Gasteiger partial charge < -0.3 is 0 Å². The van der Waals surface area contributed by atoms with Gasteiger partial charge in [-0.1, -0.05) is 24.0 Å². The summed E-state index contributed by atoms with van der Waals surface area (Å²) in [5.74, 6) is 0.796. The summed E-state index contributed by atoms with van der Waals surface area (Å²) in [6.45, 7) is 6.77. The fourth-order valence-corrected chi connectivity index (χ4v) is 4.08. The van der Waals surface area contributed by atoms with E-state index in [2.05, 4.69) is 17.9 Å². The van der Waals surface area contributed by atoms with Crippen molar-refractivity contribution in [1.82, 2.24) is 9.80 Å². The van der Waals surface area contributed by atoms with E-state index in [-0.39, 0.29) is 18.2 Å². The molecular weight excluding hydrogens is 358 g/mol. The van der Waals surface area contributed by atoms with Crippen LogP contribution < -0.4 is 4.90 Å². The maximum Gasteiger partial charge on any atom is 0.397 e. The quantitative estimate of drug-likeness (QED) is 0.733. The van der Waals surface area contributed by atoms with Crippen molar-refractivity contribution >= 4 is 35.2 Å². The van der Waals surface area contributed by atoms with Gasteiger partial charge in [-0.15, -0.1) is 0 Å². The standard InChI is InChI=1S/C20H24N5O3/c1-12-6-5-7-15(8-12)23-9-13(2)10-24-16-17(21-19(23)24)22(4)20(28)25(18(16)27)11-14(3)26/h5-8,13,16H,9-11H2,1-4H3/q+1. The van der Waals surface area contributed by atoms with Gasteiger partial charge in [0.1, 0.15) is 11.5 Å². The molecule has 3 aliphatic heterocycles. The normalized spacial score (nSPS) is 24.4. The summed E-state index contributed by atoms with van der Waals surface area (Å²) in [6.07, 6.45) is 0. The molecule has 4 rings (SSSR count). The molecule has 0 aromatic heterocycles. The van der Waals surface area contributed by atoms with Crippen LogP contribution in [0, 0.1) is 12.8 Å². The molecule has 2 atom stereocenters. The van der Waals surface area contributed by atoms with E-state index in [1.807, 2.05) is 29.7 Å². The average molecular weight is 382 g/mol. The molecule has 8 nitrogen and oxygen atoms in total. The zero-order valence-corrected chi connectivity index (χ0v) is 16.5. The Bertz CT molecular complexity index is 951. The Labute approximate surface area is 163 Å². The minimum atomic E-state index is -0.674. The number of carbonyl (C=O) groups is 3. The van der Waals surface area contributed by atoms with Crippen LogP contribution in [0.1, 0.15) is 19.4 Å². The second-order valence-electron chi connectivity index (χ2n) is 7.85. The summed E-state index contributed by atoms with van der Waals surface area (Å²) < 4.78 is 1.96. The van der Waals surface area contributed by atoms with Gasteiger partial charge in [-0.2, -0.15) is 0 Å². The van der Waals surface area contributed by atoms with Crippen molar-refractivity contribution in [2.24, 2.45) is 10.9 Å². The van der Waals surface area contributed by atoms with Crippen LogP contribution in [0.3, 0.4) is 0 Å². The molecule has 3 amide bonds. The summed E-state index contributed by atoms with van der Waals surface area (Å²) in [7, 11) is 1.60. The summed E-state index contributed by atoms with van der Waals surface area (Å²) in [5.41, 5.74) is 2.15. The van der Waals surface area contributed by atoms with E-state index >= 15 is 0 Å². The number of benzene rings is 1. The summed E-state index contributed by atoms with van der Waals surface area (Å²) in [6, 6.07) is 6.97. The highest BCUT2D eigenvalue weighted by molar-refractivity contribution is 6.24. The van der Waals surface area contributed by atoms with E-state index in [4.69, 9.17) is 4.99 Å². The van der Waals surface area contributed by atoms with Crippen LogP contribution in [0.4, 0.5) is 10.5 Å². The van der Waals surface area contributed by atoms with E-state index in [1.165, 1.54) is 11.8 Å². The van der Waals surface area contributed by atoms with Crippen LogP contribution >= 0.6 is 0 Å².